The van der Waals surface area contributed by atoms with Crippen molar-refractivity contribution in [1.82, 2.24) is 15.0 Å². The lowest BCUT2D eigenvalue weighted by Gasteiger charge is -2.10. The van der Waals surface area contributed by atoms with Gasteiger partial charge in [0.25, 0.3) is 0 Å². The van der Waals surface area contributed by atoms with Crippen LogP contribution in [0, 0.1) is 3.83 Å². The third kappa shape index (κ3) is 3.40. The fourth-order valence-electron chi connectivity index (χ4n) is 1.19. The van der Waals surface area contributed by atoms with Crippen molar-refractivity contribution in [3.05, 3.63) is 40.0 Å². The molecule has 0 fully saturated rings. The fraction of sp³-hybridized carbons (Fsp3) is 0.100. The van der Waals surface area contributed by atoms with Crippen molar-refractivity contribution in [2.45, 2.75) is 3.79 Å². The highest BCUT2D eigenvalue weighted by Crippen LogP contribution is 2.36. The molecule has 3 nitrogen and oxygen atoms in total. The first-order valence-electron chi connectivity index (χ1n) is 4.51. The minimum atomic E-state index is -1.65. The van der Waals surface area contributed by atoms with Gasteiger partial charge in [-0.2, -0.15) is 0 Å². The first-order chi connectivity index (χ1) is 7.97. The van der Waals surface area contributed by atoms with E-state index in [4.69, 9.17) is 34.8 Å². The SMILES string of the molecule is ClC(Cl)(Cl)c1nc(I)nc(-c2ccccc2)n1. The van der Waals surface area contributed by atoms with E-state index in [-0.39, 0.29) is 5.82 Å². The van der Waals surface area contributed by atoms with Crippen LogP contribution >= 0.6 is 57.4 Å². The molecule has 7 heteroatoms. The lowest BCUT2D eigenvalue weighted by Crippen LogP contribution is -2.11. The molecule has 0 aliphatic carbocycles. The molecule has 0 aliphatic rings. The Kier molecular flexibility index (Phi) is 4.07. The number of aromatic nitrogens is 3. The van der Waals surface area contributed by atoms with E-state index in [1.54, 1.807) is 0 Å². The zero-order valence-corrected chi connectivity index (χ0v) is 12.7. The summed E-state index contributed by atoms with van der Waals surface area (Å²) in [6.45, 7) is 0. The third-order valence-corrected chi connectivity index (χ3v) is 2.88. The largest absolute Gasteiger partial charge is 0.250 e. The predicted octanol–water partition coefficient (Wildman–Crippen LogP) is 3.97. The van der Waals surface area contributed by atoms with Gasteiger partial charge < -0.3 is 0 Å². The van der Waals surface area contributed by atoms with Crippen molar-refractivity contribution in [2.24, 2.45) is 0 Å². The van der Waals surface area contributed by atoms with Crippen molar-refractivity contribution >= 4 is 57.4 Å². The van der Waals surface area contributed by atoms with Gasteiger partial charge in [0.15, 0.2) is 15.5 Å². The summed E-state index contributed by atoms with van der Waals surface area (Å²) in [7, 11) is 0. The highest BCUT2D eigenvalue weighted by molar-refractivity contribution is 14.1. The highest BCUT2D eigenvalue weighted by atomic mass is 127. The molecule has 17 heavy (non-hydrogen) atoms. The number of alkyl halides is 3. The Hall–Kier alpha value is -0.170. The first kappa shape index (κ1) is 13.3. The molecule has 0 saturated heterocycles. The summed E-state index contributed by atoms with van der Waals surface area (Å²) in [5.74, 6) is 0.618. The van der Waals surface area contributed by atoms with Crippen LogP contribution in [0.1, 0.15) is 5.82 Å². The maximum absolute atomic E-state index is 5.76. The van der Waals surface area contributed by atoms with Crippen molar-refractivity contribution < 1.29 is 0 Å². The second-order valence-electron chi connectivity index (χ2n) is 3.12. The van der Waals surface area contributed by atoms with Crippen molar-refractivity contribution in [3.63, 3.8) is 0 Å². The van der Waals surface area contributed by atoms with E-state index >= 15 is 0 Å². The summed E-state index contributed by atoms with van der Waals surface area (Å²) in [6.07, 6.45) is 0. The fourth-order valence-corrected chi connectivity index (χ4v) is 1.90. The summed E-state index contributed by atoms with van der Waals surface area (Å²) < 4.78 is -1.16. The van der Waals surface area contributed by atoms with E-state index in [0.717, 1.165) is 5.56 Å². The second-order valence-corrected chi connectivity index (χ2v) is 6.36. The average Bonchev–Trinajstić information content (AvgIpc) is 2.28. The topological polar surface area (TPSA) is 38.7 Å². The van der Waals surface area contributed by atoms with Crippen LogP contribution in [0.3, 0.4) is 0 Å². The van der Waals surface area contributed by atoms with Gasteiger partial charge in [0, 0.05) is 28.2 Å². The molecule has 0 amide bonds. The molecule has 1 heterocycles. The van der Waals surface area contributed by atoms with E-state index in [1.807, 2.05) is 52.9 Å². The molecule has 0 spiro atoms. The molecule has 88 valence electrons. The number of hydrogen-bond donors (Lipinski definition) is 0. The van der Waals surface area contributed by atoms with Gasteiger partial charge >= 0.3 is 0 Å². The van der Waals surface area contributed by atoms with Crippen LogP contribution in [-0.2, 0) is 3.79 Å². The van der Waals surface area contributed by atoms with E-state index in [2.05, 4.69) is 15.0 Å². The molecule has 0 radical (unpaired) electrons. The van der Waals surface area contributed by atoms with Crippen LogP contribution in [0.25, 0.3) is 11.4 Å². The molecular weight excluding hydrogens is 395 g/mol. The zero-order valence-electron chi connectivity index (χ0n) is 8.24. The van der Waals surface area contributed by atoms with E-state index in [9.17, 15) is 0 Å². The van der Waals surface area contributed by atoms with Crippen LogP contribution in [0.15, 0.2) is 30.3 Å². The molecule has 0 bridgehead atoms. The van der Waals surface area contributed by atoms with Gasteiger partial charge in [0.2, 0.25) is 3.79 Å². The van der Waals surface area contributed by atoms with Crippen molar-refractivity contribution in [3.8, 4) is 11.4 Å². The Bertz CT molecular complexity index is 528. The molecule has 2 aromatic rings. The van der Waals surface area contributed by atoms with Gasteiger partial charge in [0.05, 0.1) is 0 Å². The molecule has 0 aliphatic heterocycles. The van der Waals surface area contributed by atoms with Gasteiger partial charge in [-0.05, 0) is 0 Å². The number of halogens is 4. The second kappa shape index (κ2) is 5.22. The number of nitrogens with zero attached hydrogens (tertiary/aromatic N) is 3. The summed E-state index contributed by atoms with van der Waals surface area (Å²) in [6, 6.07) is 9.45. The van der Waals surface area contributed by atoms with E-state index in [1.165, 1.54) is 0 Å². The minimum Gasteiger partial charge on any atom is -0.208 e. The quantitative estimate of drug-likeness (QED) is 0.537. The van der Waals surface area contributed by atoms with Crippen LogP contribution < -0.4 is 0 Å². The number of benzene rings is 1. The first-order valence-corrected chi connectivity index (χ1v) is 6.72. The Morgan fingerprint density at radius 2 is 1.59 bits per heavy atom. The Labute approximate surface area is 127 Å². The molecular formula is C10H5Cl3IN3. The predicted molar refractivity (Wildman–Crippen MR) is 77.2 cm³/mol. The smallest absolute Gasteiger partial charge is 0.208 e. The van der Waals surface area contributed by atoms with Gasteiger partial charge in [-0.3, -0.25) is 0 Å². The Balaban J connectivity index is 2.54. The molecule has 1 aromatic carbocycles. The number of hydrogen-bond acceptors (Lipinski definition) is 3. The standard InChI is InChI=1S/C10H5Cl3IN3/c11-10(12,13)8-15-7(16-9(14)17-8)6-4-2-1-3-5-6/h1-5H. The summed E-state index contributed by atoms with van der Waals surface area (Å²) in [4.78, 5) is 12.4. The maximum atomic E-state index is 5.76. The van der Waals surface area contributed by atoms with Gasteiger partial charge in [-0.1, -0.05) is 65.1 Å². The van der Waals surface area contributed by atoms with Gasteiger partial charge in [-0.15, -0.1) is 0 Å². The van der Waals surface area contributed by atoms with E-state index in [0.29, 0.717) is 9.66 Å². The zero-order chi connectivity index (χ0) is 12.5. The van der Waals surface area contributed by atoms with Crippen LogP contribution in [0.5, 0.6) is 0 Å². The maximum Gasteiger partial charge on any atom is 0.250 e. The third-order valence-electron chi connectivity index (χ3n) is 1.89. The van der Waals surface area contributed by atoms with Crippen LogP contribution in [-0.4, -0.2) is 15.0 Å². The summed E-state index contributed by atoms with van der Waals surface area (Å²) in [5.41, 5.74) is 0.850. The van der Waals surface area contributed by atoms with Crippen LogP contribution in [0.2, 0.25) is 0 Å². The van der Waals surface area contributed by atoms with Crippen molar-refractivity contribution in [2.75, 3.05) is 0 Å². The van der Waals surface area contributed by atoms with Gasteiger partial charge in [-0.25, -0.2) is 15.0 Å². The van der Waals surface area contributed by atoms with E-state index < -0.39 is 3.79 Å². The average molecular weight is 400 g/mol. The molecule has 0 saturated carbocycles. The number of rotatable bonds is 1. The van der Waals surface area contributed by atoms with Crippen LogP contribution in [0.4, 0.5) is 0 Å². The molecule has 0 N–H and O–H groups in total. The monoisotopic (exact) mass is 399 g/mol. The molecule has 0 unspecified atom stereocenters. The Morgan fingerprint density at radius 3 is 2.18 bits per heavy atom. The van der Waals surface area contributed by atoms with Crippen molar-refractivity contribution in [1.29, 1.82) is 0 Å². The lowest BCUT2D eigenvalue weighted by molar-refractivity contribution is 0.899. The normalized spacial score (nSPS) is 11.5. The lowest BCUT2D eigenvalue weighted by atomic mass is 10.2. The minimum absolute atomic E-state index is 0.126. The summed E-state index contributed by atoms with van der Waals surface area (Å²) >= 11 is 19.3. The van der Waals surface area contributed by atoms with Gasteiger partial charge in [0.1, 0.15) is 0 Å². The Morgan fingerprint density at radius 1 is 0.941 bits per heavy atom. The molecule has 2 rings (SSSR count). The highest BCUT2D eigenvalue weighted by Gasteiger charge is 2.28. The molecule has 0 atom stereocenters. The summed E-state index contributed by atoms with van der Waals surface area (Å²) in [5, 5.41) is 0. The molecule has 1 aromatic heterocycles.